The van der Waals surface area contributed by atoms with E-state index in [0.29, 0.717) is 6.61 Å². The summed E-state index contributed by atoms with van der Waals surface area (Å²) in [7, 11) is 0. The van der Waals surface area contributed by atoms with Crippen LogP contribution in [0.4, 0.5) is 5.69 Å². The molecule has 0 saturated carbocycles. The third-order valence-electron chi connectivity index (χ3n) is 5.94. The molecular formula is C26H48N4O2. The maximum absolute atomic E-state index is 6.13. The molecule has 184 valence electrons. The van der Waals surface area contributed by atoms with Crippen LogP contribution in [-0.2, 0) is 11.3 Å². The lowest BCUT2D eigenvalue weighted by molar-refractivity contribution is 0.133. The molecule has 6 heteroatoms. The van der Waals surface area contributed by atoms with Crippen molar-refractivity contribution in [3.05, 3.63) is 23.8 Å². The largest absolute Gasteiger partial charge is 0.493 e. The highest BCUT2D eigenvalue weighted by Gasteiger charge is 2.06. The summed E-state index contributed by atoms with van der Waals surface area (Å²) in [6, 6.07) is 6.07. The Morgan fingerprint density at radius 1 is 0.719 bits per heavy atom. The van der Waals surface area contributed by atoms with Crippen molar-refractivity contribution in [1.29, 1.82) is 0 Å². The fraction of sp³-hybridized carbons (Fsp3) is 0.769. The van der Waals surface area contributed by atoms with Gasteiger partial charge < -0.3 is 15.4 Å². The van der Waals surface area contributed by atoms with Gasteiger partial charge in [-0.1, -0.05) is 102 Å². The molecule has 0 unspecified atom stereocenters. The molecule has 0 fully saturated rings. The van der Waals surface area contributed by atoms with Crippen molar-refractivity contribution < 1.29 is 9.57 Å². The maximum atomic E-state index is 6.13. The van der Waals surface area contributed by atoms with Crippen LogP contribution in [0.2, 0.25) is 0 Å². The third-order valence-corrected chi connectivity index (χ3v) is 5.94. The molecule has 0 aliphatic heterocycles. The van der Waals surface area contributed by atoms with Gasteiger partial charge in [-0.05, 0) is 37.3 Å². The van der Waals surface area contributed by atoms with E-state index < -0.39 is 0 Å². The minimum absolute atomic E-state index is 0.686. The lowest BCUT2D eigenvalue weighted by atomic mass is 10.0. The van der Waals surface area contributed by atoms with Crippen LogP contribution in [0.1, 0.15) is 115 Å². The molecule has 0 heterocycles. The van der Waals surface area contributed by atoms with Crippen molar-refractivity contribution in [2.75, 3.05) is 13.2 Å². The van der Waals surface area contributed by atoms with Crippen molar-refractivity contribution in [3.63, 3.8) is 0 Å². The number of nitrogens with zero attached hydrogens (tertiary/aromatic N) is 2. The first-order valence-corrected chi connectivity index (χ1v) is 13.0. The molecule has 0 atom stereocenters. The molecular weight excluding hydrogens is 400 g/mol. The van der Waals surface area contributed by atoms with Crippen molar-refractivity contribution in [1.82, 2.24) is 0 Å². The number of hydrogen-bond acceptors (Lipinski definition) is 5. The molecule has 0 aliphatic rings. The van der Waals surface area contributed by atoms with Crippen LogP contribution in [0.3, 0.4) is 0 Å². The van der Waals surface area contributed by atoms with Crippen molar-refractivity contribution in [2.24, 2.45) is 22.1 Å². The average molecular weight is 449 g/mol. The first kappa shape index (κ1) is 28.4. The molecule has 0 saturated heterocycles. The van der Waals surface area contributed by atoms with Crippen LogP contribution < -0.4 is 16.5 Å². The molecule has 1 aromatic carbocycles. The zero-order valence-electron chi connectivity index (χ0n) is 20.5. The van der Waals surface area contributed by atoms with Gasteiger partial charge in [0.25, 0.3) is 0 Å². The molecule has 0 aliphatic carbocycles. The second-order valence-corrected chi connectivity index (χ2v) is 8.78. The average Bonchev–Trinajstić information content (AvgIpc) is 2.80. The van der Waals surface area contributed by atoms with Gasteiger partial charge in [0.05, 0.1) is 18.9 Å². The van der Waals surface area contributed by atoms with Crippen molar-refractivity contribution in [3.8, 4) is 5.75 Å². The van der Waals surface area contributed by atoms with Gasteiger partial charge in [-0.25, -0.2) is 5.90 Å². The Morgan fingerprint density at radius 3 is 1.88 bits per heavy atom. The van der Waals surface area contributed by atoms with E-state index in [-0.39, 0.29) is 0 Å². The fourth-order valence-electron chi connectivity index (χ4n) is 3.99. The predicted octanol–water partition coefficient (Wildman–Crippen LogP) is 7.72. The molecule has 0 radical (unpaired) electrons. The van der Waals surface area contributed by atoms with Gasteiger partial charge in [0, 0.05) is 6.07 Å². The van der Waals surface area contributed by atoms with Crippen LogP contribution >= 0.6 is 0 Å². The number of benzene rings is 1. The van der Waals surface area contributed by atoms with E-state index in [1.54, 1.807) is 0 Å². The summed E-state index contributed by atoms with van der Waals surface area (Å²) < 4.78 is 6.13. The first-order valence-electron chi connectivity index (χ1n) is 13.0. The number of rotatable bonds is 22. The zero-order valence-corrected chi connectivity index (χ0v) is 20.5. The lowest BCUT2D eigenvalue weighted by Crippen LogP contribution is -2.01. The number of aryl methyl sites for hydroxylation is 1. The van der Waals surface area contributed by atoms with Gasteiger partial charge in [0.1, 0.15) is 5.75 Å². The second-order valence-electron chi connectivity index (χ2n) is 8.78. The van der Waals surface area contributed by atoms with Gasteiger partial charge in [-0.2, -0.15) is 0 Å². The molecule has 0 bridgehead atoms. The number of hydrogen-bond donors (Lipinski definition) is 2. The van der Waals surface area contributed by atoms with E-state index >= 15 is 0 Å². The second kappa shape index (κ2) is 21.2. The number of nitrogens with two attached hydrogens (primary N) is 2. The van der Waals surface area contributed by atoms with Crippen LogP contribution in [0.25, 0.3) is 0 Å². The Hall–Kier alpha value is -1.66. The van der Waals surface area contributed by atoms with Gasteiger partial charge in [0.15, 0.2) is 0 Å². The van der Waals surface area contributed by atoms with E-state index in [1.165, 1.54) is 95.5 Å². The minimum Gasteiger partial charge on any atom is -0.493 e. The summed E-state index contributed by atoms with van der Waals surface area (Å²) in [6.45, 7) is 3.70. The summed E-state index contributed by atoms with van der Waals surface area (Å²) >= 11 is 0. The Morgan fingerprint density at radius 2 is 1.28 bits per heavy atom. The van der Waals surface area contributed by atoms with Gasteiger partial charge >= 0.3 is 0 Å². The van der Waals surface area contributed by atoms with Crippen molar-refractivity contribution >= 4 is 5.69 Å². The standard InChI is InChI=1S/C26H48N4O2/c1-2-3-4-5-13-16-21-31-26-23-25(29-30-27)20-19-24(26)18-15-12-10-8-6-7-9-11-14-17-22-32-28/h19-20,23H,2-18,21-22,28H2,1H3,(H2,27,29). The van der Waals surface area contributed by atoms with E-state index in [2.05, 4.69) is 28.2 Å². The molecule has 1 aromatic rings. The van der Waals surface area contributed by atoms with Crippen LogP contribution in [0.15, 0.2) is 28.5 Å². The monoisotopic (exact) mass is 448 g/mol. The summed E-state index contributed by atoms with van der Waals surface area (Å²) in [5, 5.41) is 7.37. The number of unbranched alkanes of at least 4 members (excludes halogenated alkanes) is 14. The molecule has 32 heavy (non-hydrogen) atoms. The van der Waals surface area contributed by atoms with Crippen LogP contribution in [-0.4, -0.2) is 13.2 Å². The highest BCUT2D eigenvalue weighted by atomic mass is 16.6. The minimum atomic E-state index is 0.686. The van der Waals surface area contributed by atoms with E-state index in [4.69, 9.17) is 16.5 Å². The molecule has 0 aromatic heterocycles. The smallest absolute Gasteiger partial charge is 0.124 e. The van der Waals surface area contributed by atoms with E-state index in [1.807, 2.05) is 12.1 Å². The molecule has 0 spiro atoms. The van der Waals surface area contributed by atoms with Gasteiger partial charge in [-0.15, -0.1) is 5.11 Å². The molecule has 1 rings (SSSR count). The van der Waals surface area contributed by atoms with Crippen LogP contribution in [0, 0.1) is 0 Å². The fourth-order valence-corrected chi connectivity index (χ4v) is 3.99. The SMILES string of the molecule is CCCCCCCCOc1cc(N=NN)ccc1CCCCCCCCCCCCON. The quantitative estimate of drug-likeness (QED) is 0.0821. The summed E-state index contributed by atoms with van der Waals surface area (Å²) in [4.78, 5) is 4.60. The Labute approximate surface area is 196 Å². The topological polar surface area (TPSA) is 95.2 Å². The normalized spacial score (nSPS) is 11.4. The maximum Gasteiger partial charge on any atom is 0.124 e. The molecule has 4 N–H and O–H groups in total. The predicted molar refractivity (Wildman–Crippen MR) is 134 cm³/mol. The lowest BCUT2D eigenvalue weighted by Gasteiger charge is -2.12. The number of ether oxygens (including phenoxy) is 1. The highest BCUT2D eigenvalue weighted by molar-refractivity contribution is 5.47. The molecule has 0 amide bonds. The van der Waals surface area contributed by atoms with E-state index in [9.17, 15) is 0 Å². The summed E-state index contributed by atoms with van der Waals surface area (Å²) in [5.41, 5.74) is 2.03. The Balaban J connectivity index is 2.23. The van der Waals surface area contributed by atoms with Crippen LogP contribution in [0.5, 0.6) is 5.75 Å². The van der Waals surface area contributed by atoms with Gasteiger partial charge in [-0.3, -0.25) is 0 Å². The Bertz CT molecular complexity index is 581. The summed E-state index contributed by atoms with van der Waals surface area (Å²) in [5.74, 6) is 11.2. The summed E-state index contributed by atoms with van der Waals surface area (Å²) in [6.07, 6.45) is 21.4. The zero-order chi connectivity index (χ0) is 23.1. The third kappa shape index (κ3) is 15.2. The van der Waals surface area contributed by atoms with Crippen molar-refractivity contribution in [2.45, 2.75) is 116 Å². The van der Waals surface area contributed by atoms with E-state index in [0.717, 1.165) is 37.3 Å². The van der Waals surface area contributed by atoms with Gasteiger partial charge in [0.2, 0.25) is 0 Å². The molecule has 6 nitrogen and oxygen atoms in total. The Kier molecular flexibility index (Phi) is 18.8. The first-order chi connectivity index (χ1) is 15.8. The highest BCUT2D eigenvalue weighted by Crippen LogP contribution is 2.27.